The zero-order chi connectivity index (χ0) is 22.2. The summed E-state index contributed by atoms with van der Waals surface area (Å²) in [7, 11) is 4.17. The van der Waals surface area contributed by atoms with Crippen LogP contribution in [0.2, 0.25) is 0 Å². The van der Waals surface area contributed by atoms with E-state index < -0.39 is 6.10 Å². The Hall–Kier alpha value is -2.91. The van der Waals surface area contributed by atoms with Crippen LogP contribution in [0, 0.1) is 17.8 Å². The van der Waals surface area contributed by atoms with Crippen molar-refractivity contribution >= 4 is 16.7 Å². The first-order chi connectivity index (χ1) is 15.5. The molecule has 2 bridgehead atoms. The van der Waals surface area contributed by atoms with Crippen LogP contribution in [0.3, 0.4) is 0 Å². The van der Waals surface area contributed by atoms with Gasteiger partial charge in [0.2, 0.25) is 0 Å². The molecule has 0 N–H and O–H groups in total. The Morgan fingerprint density at radius 1 is 0.875 bits per heavy atom. The van der Waals surface area contributed by atoms with E-state index in [0.717, 1.165) is 34.7 Å². The number of hydrogen-bond acceptors (Lipinski definition) is 3. The maximum atomic E-state index is 13.5. The number of allylic oxidation sites excluding steroid dienone is 2. The second-order valence-corrected chi connectivity index (χ2v) is 9.54. The number of nitrogens with zero attached hydrogens (tertiary/aromatic N) is 1. The van der Waals surface area contributed by atoms with E-state index in [0.29, 0.717) is 11.8 Å². The summed E-state index contributed by atoms with van der Waals surface area (Å²) in [5.74, 6) is 0.777. The molecule has 3 aromatic carbocycles. The van der Waals surface area contributed by atoms with Gasteiger partial charge in [-0.2, -0.15) is 0 Å². The van der Waals surface area contributed by atoms with Crippen LogP contribution < -0.4 is 0 Å². The van der Waals surface area contributed by atoms with Gasteiger partial charge >= 0.3 is 5.97 Å². The summed E-state index contributed by atoms with van der Waals surface area (Å²) in [6.45, 7) is 2.20. The van der Waals surface area contributed by atoms with Crippen LogP contribution in [0.1, 0.15) is 48.6 Å². The highest BCUT2D eigenvalue weighted by molar-refractivity contribution is 5.87. The highest BCUT2D eigenvalue weighted by atomic mass is 16.5. The molecule has 5 rings (SSSR count). The molecule has 3 heteroatoms. The van der Waals surface area contributed by atoms with Crippen molar-refractivity contribution in [2.45, 2.75) is 31.9 Å². The molecule has 164 valence electrons. The molecule has 0 unspecified atom stereocenters. The average molecular weight is 426 g/mol. The predicted molar refractivity (Wildman–Crippen MR) is 129 cm³/mol. The summed E-state index contributed by atoms with van der Waals surface area (Å²) < 4.78 is 6.45. The molecule has 2 aliphatic carbocycles. The van der Waals surface area contributed by atoms with E-state index in [1.807, 2.05) is 6.07 Å². The zero-order valence-corrected chi connectivity index (χ0v) is 19.1. The first-order valence-electron chi connectivity index (χ1n) is 11.6. The Kier molecular flexibility index (Phi) is 5.60. The first kappa shape index (κ1) is 21.0. The lowest BCUT2D eigenvalue weighted by atomic mass is 9.89. The fourth-order valence-electron chi connectivity index (χ4n) is 5.44. The third-order valence-corrected chi connectivity index (χ3v) is 7.42. The molecular formula is C29H31NO2. The molecule has 0 radical (unpaired) electrons. The van der Waals surface area contributed by atoms with Crippen LogP contribution in [-0.2, 0) is 9.53 Å². The van der Waals surface area contributed by atoms with E-state index in [-0.39, 0.29) is 17.9 Å². The highest BCUT2D eigenvalue weighted by Gasteiger charge is 2.42. The molecule has 3 nitrogen and oxygen atoms in total. The average Bonchev–Trinajstić information content (AvgIpc) is 3.46. The van der Waals surface area contributed by atoms with E-state index in [1.54, 1.807) is 0 Å². The predicted octanol–water partition coefficient (Wildman–Crippen LogP) is 6.31. The molecule has 0 spiro atoms. The molecule has 3 aromatic rings. The second kappa shape index (κ2) is 8.55. The van der Waals surface area contributed by atoms with Gasteiger partial charge in [-0.25, -0.2) is 0 Å². The Morgan fingerprint density at radius 3 is 2.28 bits per heavy atom. The number of benzene rings is 3. The lowest BCUT2D eigenvalue weighted by molar-refractivity contribution is -0.153. The van der Waals surface area contributed by atoms with Gasteiger partial charge in [-0.3, -0.25) is 4.79 Å². The fraction of sp³-hybridized carbons (Fsp3) is 0.345. The van der Waals surface area contributed by atoms with Gasteiger partial charge in [0.25, 0.3) is 0 Å². The van der Waals surface area contributed by atoms with Crippen molar-refractivity contribution in [2.24, 2.45) is 17.8 Å². The number of rotatable bonds is 6. The SMILES string of the molecule is C[C@H](c1ccccc1[C@@H](OC(=O)[C@@H]1C[C@@H]2C=C[C@H]1C2)c1cccc2ccccc12)N(C)C. The van der Waals surface area contributed by atoms with Crippen molar-refractivity contribution < 1.29 is 9.53 Å². The summed E-state index contributed by atoms with van der Waals surface area (Å²) in [6.07, 6.45) is 6.06. The van der Waals surface area contributed by atoms with Crippen molar-refractivity contribution in [1.82, 2.24) is 4.90 Å². The van der Waals surface area contributed by atoms with Gasteiger partial charge in [-0.15, -0.1) is 0 Å². The zero-order valence-electron chi connectivity index (χ0n) is 19.1. The van der Waals surface area contributed by atoms with Crippen molar-refractivity contribution in [3.63, 3.8) is 0 Å². The summed E-state index contributed by atoms with van der Waals surface area (Å²) >= 11 is 0. The molecule has 1 fully saturated rings. The Bertz CT molecular complexity index is 1160. The van der Waals surface area contributed by atoms with Crippen LogP contribution >= 0.6 is 0 Å². The topological polar surface area (TPSA) is 29.5 Å². The molecule has 0 aliphatic heterocycles. The van der Waals surface area contributed by atoms with Crippen molar-refractivity contribution in [1.29, 1.82) is 0 Å². The van der Waals surface area contributed by atoms with Crippen molar-refractivity contribution in [3.05, 3.63) is 95.6 Å². The Labute approximate surface area is 190 Å². The van der Waals surface area contributed by atoms with Crippen LogP contribution in [-0.4, -0.2) is 25.0 Å². The molecule has 0 amide bonds. The summed E-state index contributed by atoms with van der Waals surface area (Å²) in [4.78, 5) is 15.7. The molecule has 0 aromatic heterocycles. The minimum absolute atomic E-state index is 0.0269. The number of esters is 1. The number of hydrogen-bond donors (Lipinski definition) is 0. The molecule has 32 heavy (non-hydrogen) atoms. The lowest BCUT2D eigenvalue weighted by Crippen LogP contribution is -2.25. The van der Waals surface area contributed by atoms with Gasteiger partial charge in [0.1, 0.15) is 0 Å². The maximum Gasteiger partial charge on any atom is 0.310 e. The van der Waals surface area contributed by atoms with Crippen molar-refractivity contribution in [2.75, 3.05) is 14.1 Å². The summed E-state index contributed by atoms with van der Waals surface area (Å²) in [5.41, 5.74) is 3.31. The van der Waals surface area contributed by atoms with E-state index in [2.05, 4.69) is 98.7 Å². The standard InChI is InChI=1S/C29H31NO2/c1-19(30(2)3)23-11-6-7-13-25(23)28(26-14-8-10-21-9-4-5-12-24(21)26)32-29(31)27-18-20-15-16-22(27)17-20/h4-16,19-20,22,27-28H,17-18H2,1-3H3/t19-,20-,22+,27-,28-/m1/s1. The molecule has 5 atom stereocenters. The van der Waals surface area contributed by atoms with Gasteiger partial charge in [0.05, 0.1) is 5.92 Å². The Morgan fingerprint density at radius 2 is 1.56 bits per heavy atom. The normalized spacial score (nSPS) is 23.6. The molecule has 2 aliphatic rings. The number of carbonyl (C=O) groups excluding carboxylic acids is 1. The van der Waals surface area contributed by atoms with Crippen LogP contribution in [0.15, 0.2) is 78.9 Å². The Balaban J connectivity index is 1.60. The van der Waals surface area contributed by atoms with Gasteiger partial charge in [0.15, 0.2) is 6.10 Å². The van der Waals surface area contributed by atoms with E-state index in [4.69, 9.17) is 4.74 Å². The minimum atomic E-state index is -0.435. The fourth-order valence-corrected chi connectivity index (χ4v) is 5.44. The van der Waals surface area contributed by atoms with Crippen LogP contribution in [0.4, 0.5) is 0 Å². The van der Waals surface area contributed by atoms with E-state index in [1.165, 1.54) is 5.56 Å². The van der Waals surface area contributed by atoms with Gasteiger partial charge in [-0.1, -0.05) is 78.9 Å². The second-order valence-electron chi connectivity index (χ2n) is 9.54. The highest BCUT2D eigenvalue weighted by Crippen LogP contribution is 2.45. The monoisotopic (exact) mass is 425 g/mol. The van der Waals surface area contributed by atoms with Crippen LogP contribution in [0.5, 0.6) is 0 Å². The van der Waals surface area contributed by atoms with Gasteiger partial charge in [-0.05, 0) is 62.0 Å². The molecule has 1 saturated carbocycles. The molecular weight excluding hydrogens is 394 g/mol. The summed E-state index contributed by atoms with van der Waals surface area (Å²) in [5, 5.41) is 2.29. The number of carbonyl (C=O) groups is 1. The third-order valence-electron chi connectivity index (χ3n) is 7.42. The smallest absolute Gasteiger partial charge is 0.310 e. The van der Waals surface area contributed by atoms with Gasteiger partial charge in [0, 0.05) is 17.2 Å². The van der Waals surface area contributed by atoms with Crippen molar-refractivity contribution in [3.8, 4) is 0 Å². The quantitative estimate of drug-likeness (QED) is 0.342. The number of fused-ring (bicyclic) bond motifs is 3. The lowest BCUT2D eigenvalue weighted by Gasteiger charge is -2.29. The van der Waals surface area contributed by atoms with E-state index in [9.17, 15) is 4.79 Å². The maximum absolute atomic E-state index is 13.5. The molecule has 0 heterocycles. The summed E-state index contributed by atoms with van der Waals surface area (Å²) in [6, 6.07) is 23.2. The number of ether oxygens (including phenoxy) is 1. The largest absolute Gasteiger partial charge is 0.452 e. The minimum Gasteiger partial charge on any atom is -0.452 e. The van der Waals surface area contributed by atoms with Gasteiger partial charge < -0.3 is 9.64 Å². The van der Waals surface area contributed by atoms with E-state index >= 15 is 0 Å². The molecule has 0 saturated heterocycles. The van der Waals surface area contributed by atoms with Crippen LogP contribution in [0.25, 0.3) is 10.8 Å². The first-order valence-corrected chi connectivity index (χ1v) is 11.6. The third kappa shape index (κ3) is 3.75.